The van der Waals surface area contributed by atoms with Crippen molar-refractivity contribution in [1.29, 1.82) is 0 Å². The molecule has 0 spiro atoms. The van der Waals surface area contributed by atoms with E-state index in [1.807, 2.05) is 122 Å². The van der Waals surface area contributed by atoms with Gasteiger partial charge in [-0.2, -0.15) is 0 Å². The number of fused-ring (bicyclic) bond motifs is 5. The van der Waals surface area contributed by atoms with Crippen molar-refractivity contribution in [2.45, 2.75) is 110 Å². The maximum Gasteiger partial charge on any atom is 0.278 e. The molecular weight excluding hydrogens is 1760 g/mol. The summed E-state index contributed by atoms with van der Waals surface area (Å²) in [6.07, 6.45) is 22.2. The Morgan fingerprint density at radius 3 is 0.942 bits per heavy atom. The third-order valence-electron chi connectivity index (χ3n) is 23.9. The van der Waals surface area contributed by atoms with E-state index in [0.29, 0.717) is 137 Å². The number of aromatic nitrogens is 10. The van der Waals surface area contributed by atoms with Crippen LogP contribution in [0.15, 0.2) is 256 Å². The first kappa shape index (κ1) is 95.6. The first-order chi connectivity index (χ1) is 67.2. The number of amides is 5. The van der Waals surface area contributed by atoms with Crippen LogP contribution < -0.4 is 61.7 Å². The molecular formula is C105H107N17O16. The summed E-state index contributed by atoms with van der Waals surface area (Å²) in [7, 11) is 0. The van der Waals surface area contributed by atoms with E-state index >= 15 is 0 Å². The second-order valence-electron chi connectivity index (χ2n) is 34.2. The highest BCUT2D eigenvalue weighted by Crippen LogP contribution is 2.36. The molecule has 10 unspecified atom stereocenters. The highest BCUT2D eigenvalue weighted by atomic mass is 16.5. The van der Waals surface area contributed by atoms with E-state index in [4.69, 9.17) is 58.8 Å². The van der Waals surface area contributed by atoms with Crippen LogP contribution in [0.3, 0.4) is 0 Å². The van der Waals surface area contributed by atoms with Crippen molar-refractivity contribution in [2.75, 3.05) is 97.5 Å². The molecule has 0 radical (unpaired) electrons. The van der Waals surface area contributed by atoms with Crippen molar-refractivity contribution in [3.05, 3.63) is 285 Å². The van der Waals surface area contributed by atoms with E-state index in [1.54, 1.807) is 116 Å². The highest BCUT2D eigenvalue weighted by Gasteiger charge is 2.30. The molecule has 138 heavy (non-hydrogen) atoms. The molecule has 5 amide bonds. The fraction of sp³-hybridized carbons (Fsp3) is 0.286. The topological polar surface area (TPSA) is 439 Å². The number of nitrogens with two attached hydrogens (primary N) is 2. The summed E-state index contributed by atoms with van der Waals surface area (Å²) >= 11 is 0. The molecule has 15 heterocycles. The van der Waals surface area contributed by atoms with E-state index in [2.05, 4.69) is 104 Å². The fourth-order valence-corrected chi connectivity index (χ4v) is 16.3. The van der Waals surface area contributed by atoms with Gasteiger partial charge in [0.2, 0.25) is 29.4 Å². The van der Waals surface area contributed by atoms with Crippen molar-refractivity contribution in [1.82, 2.24) is 49.8 Å². The zero-order chi connectivity index (χ0) is 95.8. The minimum absolute atomic E-state index is 0.0185. The predicted molar refractivity (Wildman–Crippen MR) is 525 cm³/mol. The second-order valence-corrected chi connectivity index (χ2v) is 34.2. The molecule has 20 rings (SSSR count). The Hall–Kier alpha value is -15.6. The van der Waals surface area contributed by atoms with Crippen LogP contribution in [0.5, 0.6) is 35.1 Å². The van der Waals surface area contributed by atoms with Gasteiger partial charge in [-0.1, -0.05) is 26.0 Å². The largest absolute Gasteiger partial charge is 0.505 e. The van der Waals surface area contributed by atoms with Crippen LogP contribution in [-0.4, -0.2) is 181 Å². The Morgan fingerprint density at radius 2 is 0.638 bits per heavy atom. The summed E-state index contributed by atoms with van der Waals surface area (Å²) in [4.78, 5) is 104. The van der Waals surface area contributed by atoms with Gasteiger partial charge in [0.25, 0.3) is 29.5 Å². The third-order valence-corrected chi connectivity index (χ3v) is 23.9. The number of nitrogens with zero attached hydrogens (tertiary/aromatic N) is 10. The number of carbonyl (C=O) groups excluding carboxylic acids is 5. The lowest BCUT2D eigenvalue weighted by Crippen LogP contribution is -2.31. The SMILES string of the molecule is CC1CC(Oc2nccc3cc(NC(=O)c4ccccn4)ccc23)CCO1.CC1CC(Oc2nccc3cc(NC(=O)c4ncccc4N)ccc23)CCO1.CC1CC(Oc2nccc3cc(NC(=O)c4ncccc4O)ccc23)CCO1.CC1COCC1COc1nccc2cc(NC(=O)c3ccccn3)ccc12.CC1COCC1COc1nccc2cc(NC(=O)c3ncccc3N)ccc12. The summed E-state index contributed by atoms with van der Waals surface area (Å²) in [6.45, 7) is 16.8. The lowest BCUT2D eigenvalue weighted by atomic mass is 9.99. The number of ether oxygens (including phenoxy) is 10. The number of hydrogen-bond donors (Lipinski definition) is 8. The third kappa shape index (κ3) is 25.3. The molecule has 5 aliphatic heterocycles. The molecule has 33 nitrogen and oxygen atoms in total. The van der Waals surface area contributed by atoms with Gasteiger partial charge in [-0.05, 0) is 242 Å². The summed E-state index contributed by atoms with van der Waals surface area (Å²) < 4.78 is 58.1. The number of aromatic hydroxyl groups is 1. The van der Waals surface area contributed by atoms with Gasteiger partial charge in [-0.25, -0.2) is 39.9 Å². The number of rotatable bonds is 22. The Morgan fingerprint density at radius 1 is 0.333 bits per heavy atom. The molecule has 5 saturated heterocycles. The number of nitrogen functional groups attached to an aromatic ring is 2. The second kappa shape index (κ2) is 46.1. The zero-order valence-corrected chi connectivity index (χ0v) is 76.8. The average molecular weight is 1860 g/mol. The Balaban J connectivity index is 0.000000125. The van der Waals surface area contributed by atoms with Crippen LogP contribution in [-0.2, 0) is 23.7 Å². The molecule has 33 heteroatoms. The zero-order valence-electron chi connectivity index (χ0n) is 76.8. The van der Waals surface area contributed by atoms with Gasteiger partial charge in [-0.15, -0.1) is 0 Å². The van der Waals surface area contributed by atoms with Gasteiger partial charge in [0, 0.05) is 181 Å². The van der Waals surface area contributed by atoms with E-state index < -0.39 is 5.91 Å². The lowest BCUT2D eigenvalue weighted by molar-refractivity contribution is -0.0262. The standard InChI is InChI=1S/2C21H22N4O3.C21H21N3O4.2C21H21N3O3/c1-13-11-16(7-10-27-13)28-21-17-5-4-15(12-14(17)6-9-24-21)25-20(26)19-18(22)3-2-8-23-19;1-13-10-27-11-15(13)12-28-21-17-5-4-16(9-14(17)6-8-24-21)25-20(26)19-18(22)3-2-7-23-19;1-13-11-16(7-10-27-13)28-21-17-5-4-15(12-14(17)6-9-23-21)24-20(26)19-18(25)3-2-8-22-19;1-14-12-17(8-11-26-14)27-21-18-6-5-16(13-15(18)7-10-23-21)24-20(25)19-4-2-3-9-22-19;1-14-11-26-12-16(14)13-27-21-18-6-5-17(10-15(18)7-9-23-21)24-20(25)19-4-2-3-8-22-19/h2-6,8-9,12-13,16H,7,10-11,22H2,1H3,(H,25,26);2-9,13,15H,10-12,22H2,1H3,(H,25,26);2-6,8-9,12-13,16,25H,7,10-11H2,1H3,(H,24,26);2-7,9-10,13-14,17H,8,11-12H2,1H3,(H,24,25);2-10,14,16H,11-13H2,1H3,(H,24,25). The molecule has 10 N–H and O–H groups in total. The van der Waals surface area contributed by atoms with Gasteiger partial charge in [0.1, 0.15) is 35.4 Å². The van der Waals surface area contributed by atoms with Gasteiger partial charge in [0.05, 0.1) is 75.9 Å². The number of hydrogen-bond acceptors (Lipinski definition) is 28. The van der Waals surface area contributed by atoms with E-state index in [1.165, 1.54) is 24.7 Å². The number of benzene rings is 5. The number of pyridine rings is 10. The minimum atomic E-state index is -0.473. The maximum atomic E-state index is 12.4. The summed E-state index contributed by atoms with van der Waals surface area (Å²) in [5, 5.41) is 33.1. The normalized spacial score (nSPS) is 19.3. The van der Waals surface area contributed by atoms with Crippen LogP contribution >= 0.6 is 0 Å². The van der Waals surface area contributed by atoms with E-state index in [0.717, 1.165) is 119 Å². The molecule has 0 aliphatic carbocycles. The first-order valence-corrected chi connectivity index (χ1v) is 45.8. The number of carbonyl (C=O) groups is 5. The van der Waals surface area contributed by atoms with Gasteiger partial charge in [0.15, 0.2) is 17.1 Å². The predicted octanol–water partition coefficient (Wildman–Crippen LogP) is 17.4. The molecule has 10 aromatic heterocycles. The van der Waals surface area contributed by atoms with Crippen molar-refractivity contribution >= 4 is 123 Å². The summed E-state index contributed by atoms with van der Waals surface area (Å²) in [5.41, 5.74) is 16.8. The average Bonchev–Trinajstić information content (AvgIpc) is 0.766. The fourth-order valence-electron chi connectivity index (χ4n) is 16.3. The Labute approximate surface area is 795 Å². The Bertz CT molecular complexity index is 6610. The van der Waals surface area contributed by atoms with Crippen molar-refractivity contribution in [3.63, 3.8) is 0 Å². The molecule has 0 bridgehead atoms. The smallest absolute Gasteiger partial charge is 0.278 e. The number of anilines is 7. The van der Waals surface area contributed by atoms with Crippen LogP contribution in [0.2, 0.25) is 0 Å². The molecule has 708 valence electrons. The van der Waals surface area contributed by atoms with Gasteiger partial charge in [-0.3, -0.25) is 33.9 Å². The minimum Gasteiger partial charge on any atom is -0.505 e. The quantitative estimate of drug-likeness (QED) is 0.0312. The molecule has 15 aromatic rings. The monoisotopic (exact) mass is 1860 g/mol. The number of nitrogens with one attached hydrogen (secondary N) is 5. The molecule has 5 aliphatic rings. The van der Waals surface area contributed by atoms with E-state index in [9.17, 15) is 29.1 Å². The lowest BCUT2D eigenvalue weighted by Gasteiger charge is -2.27. The van der Waals surface area contributed by atoms with Crippen LogP contribution in [0, 0.1) is 23.7 Å². The van der Waals surface area contributed by atoms with Crippen LogP contribution in [0.25, 0.3) is 53.9 Å². The molecule has 5 fully saturated rings. The molecule has 10 atom stereocenters. The van der Waals surface area contributed by atoms with Crippen LogP contribution in [0.4, 0.5) is 39.8 Å². The van der Waals surface area contributed by atoms with Crippen LogP contribution in [0.1, 0.15) is 126 Å². The van der Waals surface area contributed by atoms with Gasteiger partial charge >= 0.3 is 0 Å². The van der Waals surface area contributed by atoms with Gasteiger partial charge < -0.3 is 90.5 Å². The molecule has 5 aromatic carbocycles. The maximum absolute atomic E-state index is 12.4. The van der Waals surface area contributed by atoms with Crippen molar-refractivity contribution in [2.24, 2.45) is 23.7 Å². The summed E-state index contributed by atoms with van der Waals surface area (Å²) in [5.74, 6) is 2.92. The van der Waals surface area contributed by atoms with E-state index in [-0.39, 0.29) is 83.1 Å². The molecule has 0 saturated carbocycles. The van der Waals surface area contributed by atoms with Crippen molar-refractivity contribution < 1.29 is 76.4 Å². The highest BCUT2D eigenvalue weighted by molar-refractivity contribution is 6.10. The Kier molecular flexibility index (Phi) is 32.0. The first-order valence-electron chi connectivity index (χ1n) is 45.8. The van der Waals surface area contributed by atoms with Crippen molar-refractivity contribution in [3.8, 4) is 35.1 Å². The summed E-state index contributed by atoms with van der Waals surface area (Å²) in [6, 6.07) is 57.6.